The molecule has 0 spiro atoms. The van der Waals surface area contributed by atoms with Crippen LogP contribution in [0.15, 0.2) is 48.5 Å². The summed E-state index contributed by atoms with van der Waals surface area (Å²) >= 11 is 5.99. The van der Waals surface area contributed by atoms with Crippen LogP contribution in [0.2, 0.25) is 5.02 Å². The van der Waals surface area contributed by atoms with E-state index in [2.05, 4.69) is 0 Å². The molecule has 1 amide bonds. The normalized spacial score (nSPS) is 22.4. The number of carbonyl (C=O) groups excluding carboxylic acids is 1. The molecule has 23 heavy (non-hydrogen) atoms. The Balaban J connectivity index is 2.00. The van der Waals surface area contributed by atoms with E-state index in [1.807, 2.05) is 0 Å². The number of hydrogen-bond acceptors (Lipinski definition) is 2. The molecule has 0 radical (unpaired) electrons. The van der Waals surface area contributed by atoms with Crippen LogP contribution < -0.4 is 0 Å². The molecule has 0 aromatic heterocycles. The number of likely N-dealkylation sites (N-methyl/N-ethyl adjacent to an activating group) is 1. The van der Waals surface area contributed by atoms with Crippen LogP contribution in [0.4, 0.5) is 4.39 Å². The molecule has 1 aliphatic heterocycles. The molecule has 0 unspecified atom stereocenters. The monoisotopic (exact) mass is 333 g/mol. The molecule has 5 heteroatoms. The van der Waals surface area contributed by atoms with E-state index in [-0.39, 0.29) is 18.1 Å². The van der Waals surface area contributed by atoms with E-state index in [4.69, 9.17) is 11.6 Å². The van der Waals surface area contributed by atoms with Gasteiger partial charge >= 0.3 is 0 Å². The third-order valence-electron chi connectivity index (χ3n) is 4.47. The SMILES string of the molecule is CN1C(=O)C[C@H](c2ccccc2F)[C@@H]1[C@H](O)c1cccc(Cl)c1. The fourth-order valence-corrected chi connectivity index (χ4v) is 3.48. The average molecular weight is 334 g/mol. The highest BCUT2D eigenvalue weighted by molar-refractivity contribution is 6.30. The van der Waals surface area contributed by atoms with Gasteiger partial charge in [0, 0.05) is 24.4 Å². The number of benzene rings is 2. The van der Waals surface area contributed by atoms with E-state index in [1.165, 1.54) is 11.0 Å². The van der Waals surface area contributed by atoms with Crippen LogP contribution in [-0.4, -0.2) is 29.0 Å². The summed E-state index contributed by atoms with van der Waals surface area (Å²) in [4.78, 5) is 13.7. The van der Waals surface area contributed by atoms with Gasteiger partial charge in [-0.15, -0.1) is 0 Å². The molecule has 1 heterocycles. The average Bonchev–Trinajstić information content (AvgIpc) is 2.82. The van der Waals surface area contributed by atoms with Crippen molar-refractivity contribution in [3.63, 3.8) is 0 Å². The summed E-state index contributed by atoms with van der Waals surface area (Å²) in [5, 5.41) is 11.3. The van der Waals surface area contributed by atoms with Gasteiger partial charge in [-0.1, -0.05) is 41.9 Å². The number of carbonyl (C=O) groups is 1. The number of aliphatic hydroxyl groups is 1. The number of rotatable bonds is 3. The maximum atomic E-state index is 14.2. The second-order valence-corrected chi connectivity index (χ2v) is 6.26. The standard InChI is InChI=1S/C18H17ClFNO2/c1-21-16(22)10-14(13-7-2-3-8-15(13)20)17(21)18(23)11-5-4-6-12(19)9-11/h2-9,14,17-18,23H,10H2,1H3/t14-,17-,18-/m1/s1. The first-order valence-electron chi connectivity index (χ1n) is 7.42. The molecule has 3 rings (SSSR count). The van der Waals surface area contributed by atoms with E-state index in [0.29, 0.717) is 16.1 Å². The molecule has 0 bridgehead atoms. The summed E-state index contributed by atoms with van der Waals surface area (Å²) in [6, 6.07) is 12.8. The highest BCUT2D eigenvalue weighted by atomic mass is 35.5. The van der Waals surface area contributed by atoms with Crippen molar-refractivity contribution in [1.29, 1.82) is 0 Å². The van der Waals surface area contributed by atoms with Gasteiger partial charge in [-0.25, -0.2) is 4.39 Å². The van der Waals surface area contributed by atoms with Crippen LogP contribution in [-0.2, 0) is 4.79 Å². The van der Waals surface area contributed by atoms with Gasteiger partial charge in [-0.05, 0) is 29.3 Å². The number of amides is 1. The van der Waals surface area contributed by atoms with Crippen molar-refractivity contribution >= 4 is 17.5 Å². The Morgan fingerprint density at radius 2 is 2.00 bits per heavy atom. The maximum absolute atomic E-state index is 14.2. The molecule has 120 valence electrons. The minimum Gasteiger partial charge on any atom is -0.386 e. The van der Waals surface area contributed by atoms with Crippen LogP contribution in [0.25, 0.3) is 0 Å². The van der Waals surface area contributed by atoms with Crippen LogP contribution >= 0.6 is 11.6 Å². The lowest BCUT2D eigenvalue weighted by Gasteiger charge is -2.30. The van der Waals surface area contributed by atoms with Crippen molar-refractivity contribution in [3.8, 4) is 0 Å². The molecule has 1 aliphatic rings. The quantitative estimate of drug-likeness (QED) is 0.933. The molecule has 1 N–H and O–H groups in total. The van der Waals surface area contributed by atoms with Crippen molar-refractivity contribution in [2.75, 3.05) is 7.05 Å². The summed E-state index contributed by atoms with van der Waals surface area (Å²) in [7, 11) is 1.64. The lowest BCUT2D eigenvalue weighted by atomic mass is 9.86. The Bertz CT molecular complexity index is 736. The van der Waals surface area contributed by atoms with Gasteiger partial charge in [0.25, 0.3) is 0 Å². The zero-order valence-corrected chi connectivity index (χ0v) is 13.4. The Hall–Kier alpha value is -1.91. The Morgan fingerprint density at radius 3 is 2.70 bits per heavy atom. The second-order valence-electron chi connectivity index (χ2n) is 5.83. The Kier molecular flexibility index (Phi) is 4.37. The lowest BCUT2D eigenvalue weighted by Crippen LogP contribution is -2.36. The van der Waals surface area contributed by atoms with Gasteiger partial charge in [0.2, 0.25) is 5.91 Å². The molecule has 1 saturated heterocycles. The van der Waals surface area contributed by atoms with E-state index in [9.17, 15) is 14.3 Å². The van der Waals surface area contributed by atoms with Crippen LogP contribution in [0.1, 0.15) is 29.6 Å². The predicted octanol–water partition coefficient (Wildman–Crippen LogP) is 3.53. The Morgan fingerprint density at radius 1 is 1.26 bits per heavy atom. The fourth-order valence-electron chi connectivity index (χ4n) is 3.28. The smallest absolute Gasteiger partial charge is 0.223 e. The first-order valence-corrected chi connectivity index (χ1v) is 7.80. The lowest BCUT2D eigenvalue weighted by molar-refractivity contribution is -0.128. The summed E-state index contributed by atoms with van der Waals surface area (Å²) in [5.74, 6) is -0.865. The Labute approximate surface area is 139 Å². The van der Waals surface area contributed by atoms with Crippen molar-refractivity contribution in [1.82, 2.24) is 4.90 Å². The van der Waals surface area contributed by atoms with E-state index < -0.39 is 18.1 Å². The topological polar surface area (TPSA) is 40.5 Å². The number of hydrogen-bond donors (Lipinski definition) is 1. The molecular formula is C18H17ClFNO2. The van der Waals surface area contributed by atoms with Crippen molar-refractivity contribution in [2.24, 2.45) is 0 Å². The molecule has 2 aromatic carbocycles. The molecule has 3 nitrogen and oxygen atoms in total. The number of halogens is 2. The van der Waals surface area contributed by atoms with E-state index >= 15 is 0 Å². The van der Waals surface area contributed by atoms with Gasteiger partial charge in [0.15, 0.2) is 0 Å². The third kappa shape index (κ3) is 2.96. The number of likely N-dealkylation sites (tertiary alicyclic amines) is 1. The summed E-state index contributed by atoms with van der Waals surface area (Å²) < 4.78 is 14.2. The zero-order valence-electron chi connectivity index (χ0n) is 12.6. The summed E-state index contributed by atoms with van der Waals surface area (Å²) in [6.45, 7) is 0. The third-order valence-corrected chi connectivity index (χ3v) is 4.70. The largest absolute Gasteiger partial charge is 0.386 e. The van der Waals surface area contributed by atoms with Gasteiger partial charge in [-0.3, -0.25) is 4.79 Å². The van der Waals surface area contributed by atoms with Crippen LogP contribution in [0.5, 0.6) is 0 Å². The molecule has 0 aliphatic carbocycles. The second kappa shape index (κ2) is 6.30. The molecule has 3 atom stereocenters. The van der Waals surface area contributed by atoms with Crippen molar-refractivity contribution in [2.45, 2.75) is 24.5 Å². The van der Waals surface area contributed by atoms with Crippen LogP contribution in [0, 0.1) is 5.82 Å². The molecule has 2 aromatic rings. The van der Waals surface area contributed by atoms with Crippen LogP contribution in [0.3, 0.4) is 0 Å². The predicted molar refractivity (Wildman–Crippen MR) is 86.7 cm³/mol. The summed E-state index contributed by atoms with van der Waals surface area (Å²) in [6.07, 6.45) is -0.755. The molecular weight excluding hydrogens is 317 g/mol. The van der Waals surface area contributed by atoms with E-state index in [0.717, 1.165) is 0 Å². The van der Waals surface area contributed by atoms with E-state index in [1.54, 1.807) is 49.5 Å². The highest BCUT2D eigenvalue weighted by Crippen LogP contribution is 2.41. The summed E-state index contributed by atoms with van der Waals surface area (Å²) in [5.41, 5.74) is 1.07. The first-order chi connectivity index (χ1) is 11.0. The maximum Gasteiger partial charge on any atom is 0.223 e. The van der Waals surface area contributed by atoms with Gasteiger partial charge in [-0.2, -0.15) is 0 Å². The van der Waals surface area contributed by atoms with Crippen molar-refractivity contribution in [3.05, 3.63) is 70.5 Å². The molecule has 0 saturated carbocycles. The fraction of sp³-hybridized carbons (Fsp3) is 0.278. The minimum absolute atomic E-state index is 0.107. The van der Waals surface area contributed by atoms with Gasteiger partial charge < -0.3 is 10.0 Å². The minimum atomic E-state index is -0.935. The first kappa shape index (κ1) is 16.0. The van der Waals surface area contributed by atoms with Gasteiger partial charge in [0.05, 0.1) is 6.04 Å². The van der Waals surface area contributed by atoms with Crippen molar-refractivity contribution < 1.29 is 14.3 Å². The molecule has 1 fully saturated rings. The van der Waals surface area contributed by atoms with Gasteiger partial charge in [0.1, 0.15) is 11.9 Å². The zero-order chi connectivity index (χ0) is 16.6. The number of aliphatic hydroxyl groups excluding tert-OH is 1. The number of nitrogens with zero attached hydrogens (tertiary/aromatic N) is 1. The highest BCUT2D eigenvalue weighted by Gasteiger charge is 2.43.